The fourth-order valence-corrected chi connectivity index (χ4v) is 1.49. The number of aromatic nitrogens is 2. The van der Waals surface area contributed by atoms with Crippen LogP contribution >= 0.6 is 0 Å². The molecule has 2 rings (SSSR count). The Bertz CT molecular complexity index is 516. The minimum absolute atomic E-state index is 0.101. The molecular weight excluding hydrogens is 202 g/mol. The summed E-state index contributed by atoms with van der Waals surface area (Å²) in [6.07, 6.45) is 1.71. The van der Waals surface area contributed by atoms with Gasteiger partial charge in [-0.25, -0.2) is 4.79 Å². The number of rotatable bonds is 1. The quantitative estimate of drug-likeness (QED) is 0.735. The van der Waals surface area contributed by atoms with E-state index in [1.165, 1.54) is 4.68 Å². The van der Waals surface area contributed by atoms with Crippen LogP contribution in [0.25, 0.3) is 10.9 Å². The minimum Gasteiger partial charge on any atom is -0.323 e. The highest BCUT2D eigenvalue weighted by Crippen LogP contribution is 2.13. The molecule has 1 amide bonds. The monoisotopic (exact) mass is 217 g/mol. The summed E-state index contributed by atoms with van der Waals surface area (Å²) in [5.74, 6) is 0. The van der Waals surface area contributed by atoms with Crippen LogP contribution in [0.15, 0.2) is 30.5 Å². The van der Waals surface area contributed by atoms with Crippen LogP contribution in [0.1, 0.15) is 13.8 Å². The van der Waals surface area contributed by atoms with E-state index in [4.69, 9.17) is 0 Å². The van der Waals surface area contributed by atoms with Gasteiger partial charge in [-0.15, -0.1) is 0 Å². The highest BCUT2D eigenvalue weighted by Gasteiger charge is 2.16. The Kier molecular flexibility index (Phi) is 2.64. The predicted octanol–water partition coefficient (Wildman–Crippen LogP) is 2.34. The first-order valence-electron chi connectivity index (χ1n) is 5.31. The second-order valence-electron chi connectivity index (χ2n) is 4.10. The molecule has 0 radical (unpaired) electrons. The first-order valence-corrected chi connectivity index (χ1v) is 5.31. The summed E-state index contributed by atoms with van der Waals surface area (Å²) >= 11 is 0. The van der Waals surface area contributed by atoms with Crippen LogP contribution in [0, 0.1) is 0 Å². The van der Waals surface area contributed by atoms with Crippen molar-refractivity contribution in [2.75, 3.05) is 7.05 Å². The Labute approximate surface area is 94.5 Å². The number of amides is 1. The molecule has 0 aliphatic carbocycles. The molecule has 2 aromatic rings. The van der Waals surface area contributed by atoms with Gasteiger partial charge in [0.15, 0.2) is 0 Å². The van der Waals surface area contributed by atoms with E-state index in [-0.39, 0.29) is 12.1 Å². The van der Waals surface area contributed by atoms with Crippen molar-refractivity contribution in [3.63, 3.8) is 0 Å². The third-order valence-electron chi connectivity index (χ3n) is 2.73. The van der Waals surface area contributed by atoms with Gasteiger partial charge in [0.1, 0.15) is 0 Å². The maximum Gasteiger partial charge on any atom is 0.345 e. The van der Waals surface area contributed by atoms with Crippen molar-refractivity contribution in [3.05, 3.63) is 30.5 Å². The molecule has 0 unspecified atom stereocenters. The fourth-order valence-electron chi connectivity index (χ4n) is 1.49. The van der Waals surface area contributed by atoms with E-state index in [1.807, 2.05) is 38.1 Å². The van der Waals surface area contributed by atoms with Gasteiger partial charge < -0.3 is 4.90 Å². The molecule has 1 aromatic carbocycles. The summed E-state index contributed by atoms with van der Waals surface area (Å²) in [5.41, 5.74) is 0.847. The van der Waals surface area contributed by atoms with E-state index in [1.54, 1.807) is 18.1 Å². The zero-order valence-corrected chi connectivity index (χ0v) is 9.71. The molecular formula is C12H15N3O. The Morgan fingerprint density at radius 3 is 2.75 bits per heavy atom. The zero-order chi connectivity index (χ0) is 11.7. The molecule has 84 valence electrons. The van der Waals surface area contributed by atoms with Crippen molar-refractivity contribution in [2.45, 2.75) is 19.9 Å². The van der Waals surface area contributed by atoms with Crippen molar-refractivity contribution in [2.24, 2.45) is 0 Å². The maximum absolute atomic E-state index is 12.1. The summed E-state index contributed by atoms with van der Waals surface area (Å²) in [6, 6.07) is 7.75. The lowest BCUT2D eigenvalue weighted by Crippen LogP contribution is -2.36. The third-order valence-corrected chi connectivity index (χ3v) is 2.73. The Hall–Kier alpha value is -1.84. The van der Waals surface area contributed by atoms with Crippen LogP contribution in [-0.2, 0) is 0 Å². The van der Waals surface area contributed by atoms with E-state index >= 15 is 0 Å². The molecule has 0 N–H and O–H groups in total. The van der Waals surface area contributed by atoms with Crippen LogP contribution < -0.4 is 0 Å². The van der Waals surface area contributed by atoms with Gasteiger partial charge >= 0.3 is 6.03 Å². The molecule has 0 aliphatic rings. The van der Waals surface area contributed by atoms with Crippen molar-refractivity contribution in [3.8, 4) is 0 Å². The number of carbonyl (C=O) groups is 1. The summed E-state index contributed by atoms with van der Waals surface area (Å²) in [7, 11) is 1.78. The van der Waals surface area contributed by atoms with E-state index in [9.17, 15) is 4.79 Å². The SMILES string of the molecule is CC(C)N(C)C(=O)n1ncc2ccccc21. The van der Waals surface area contributed by atoms with Crippen molar-refractivity contribution in [1.82, 2.24) is 14.7 Å². The summed E-state index contributed by atoms with van der Waals surface area (Å²) in [4.78, 5) is 13.8. The van der Waals surface area contributed by atoms with Crippen LogP contribution in [0.2, 0.25) is 0 Å². The first-order chi connectivity index (χ1) is 7.61. The Morgan fingerprint density at radius 2 is 2.06 bits per heavy atom. The van der Waals surface area contributed by atoms with Gasteiger partial charge in [-0.3, -0.25) is 0 Å². The van der Waals surface area contributed by atoms with Crippen molar-refractivity contribution < 1.29 is 4.79 Å². The van der Waals surface area contributed by atoms with Crippen LogP contribution in [0.4, 0.5) is 4.79 Å². The molecule has 1 aromatic heterocycles. The molecule has 0 fully saturated rings. The van der Waals surface area contributed by atoms with Gasteiger partial charge in [-0.05, 0) is 19.9 Å². The molecule has 0 bridgehead atoms. The maximum atomic E-state index is 12.1. The topological polar surface area (TPSA) is 38.1 Å². The van der Waals surface area contributed by atoms with Gasteiger partial charge in [0.25, 0.3) is 0 Å². The standard InChI is InChI=1S/C12H15N3O/c1-9(2)14(3)12(16)15-11-7-5-4-6-10(11)8-13-15/h4-9H,1-3H3. The second kappa shape index (κ2) is 3.96. The Balaban J connectivity index is 2.44. The molecule has 0 spiro atoms. The van der Waals surface area contributed by atoms with Gasteiger partial charge in [-0.2, -0.15) is 9.78 Å². The highest BCUT2D eigenvalue weighted by molar-refractivity contribution is 5.89. The number of hydrogen-bond donors (Lipinski definition) is 0. The number of fused-ring (bicyclic) bond motifs is 1. The van der Waals surface area contributed by atoms with E-state index < -0.39 is 0 Å². The minimum atomic E-state index is -0.101. The summed E-state index contributed by atoms with van der Waals surface area (Å²) in [6.45, 7) is 3.95. The average Bonchev–Trinajstić information content (AvgIpc) is 2.70. The first kappa shape index (κ1) is 10.7. The molecule has 0 aliphatic heterocycles. The predicted molar refractivity (Wildman–Crippen MR) is 63.4 cm³/mol. The molecule has 1 heterocycles. The lowest BCUT2D eigenvalue weighted by atomic mass is 10.2. The largest absolute Gasteiger partial charge is 0.345 e. The average molecular weight is 217 g/mol. The number of hydrogen-bond acceptors (Lipinski definition) is 2. The van der Waals surface area contributed by atoms with Gasteiger partial charge in [0.05, 0.1) is 11.7 Å². The van der Waals surface area contributed by atoms with Crippen LogP contribution in [0.3, 0.4) is 0 Å². The van der Waals surface area contributed by atoms with Crippen molar-refractivity contribution in [1.29, 1.82) is 0 Å². The van der Waals surface area contributed by atoms with Gasteiger partial charge in [-0.1, -0.05) is 18.2 Å². The van der Waals surface area contributed by atoms with E-state index in [0.29, 0.717) is 0 Å². The lowest BCUT2D eigenvalue weighted by Gasteiger charge is -2.21. The van der Waals surface area contributed by atoms with E-state index in [0.717, 1.165) is 10.9 Å². The zero-order valence-electron chi connectivity index (χ0n) is 9.71. The Morgan fingerprint density at radius 1 is 1.38 bits per heavy atom. The molecule has 4 heteroatoms. The molecule has 0 saturated carbocycles. The number of benzene rings is 1. The van der Waals surface area contributed by atoms with Crippen molar-refractivity contribution >= 4 is 16.9 Å². The molecule has 4 nitrogen and oxygen atoms in total. The highest BCUT2D eigenvalue weighted by atomic mass is 16.2. The molecule has 0 saturated heterocycles. The lowest BCUT2D eigenvalue weighted by molar-refractivity contribution is 0.197. The van der Waals surface area contributed by atoms with Crippen LogP contribution in [-0.4, -0.2) is 33.8 Å². The summed E-state index contributed by atoms with van der Waals surface area (Å²) in [5, 5.41) is 5.10. The number of nitrogens with zero attached hydrogens (tertiary/aromatic N) is 3. The third kappa shape index (κ3) is 1.66. The van der Waals surface area contributed by atoms with Gasteiger partial charge in [0.2, 0.25) is 0 Å². The number of para-hydroxylation sites is 1. The second-order valence-corrected chi connectivity index (χ2v) is 4.10. The summed E-state index contributed by atoms with van der Waals surface area (Å²) < 4.78 is 1.44. The molecule has 0 atom stereocenters. The van der Waals surface area contributed by atoms with Gasteiger partial charge in [0, 0.05) is 18.5 Å². The normalized spacial score (nSPS) is 11.0. The molecule has 16 heavy (non-hydrogen) atoms. The fraction of sp³-hybridized carbons (Fsp3) is 0.333. The number of carbonyl (C=O) groups excluding carboxylic acids is 1. The smallest absolute Gasteiger partial charge is 0.323 e. The van der Waals surface area contributed by atoms with Crippen LogP contribution in [0.5, 0.6) is 0 Å². The van der Waals surface area contributed by atoms with E-state index in [2.05, 4.69) is 5.10 Å².